The number of hydrogen-bond acceptors (Lipinski definition) is 6. The smallest absolute Gasteiger partial charge is 0.253 e. The fourth-order valence-electron chi connectivity index (χ4n) is 3.05. The van der Waals surface area contributed by atoms with Gasteiger partial charge in [0.15, 0.2) is 0 Å². The van der Waals surface area contributed by atoms with E-state index in [1.165, 1.54) is 6.33 Å². The van der Waals surface area contributed by atoms with Gasteiger partial charge in [0.2, 0.25) is 0 Å². The third-order valence-corrected chi connectivity index (χ3v) is 4.51. The molecule has 0 spiro atoms. The molecule has 8 nitrogen and oxygen atoms in total. The van der Waals surface area contributed by atoms with Crippen molar-refractivity contribution in [3.05, 3.63) is 60.4 Å². The summed E-state index contributed by atoms with van der Waals surface area (Å²) < 4.78 is 1.55. The number of nitrogens with zero attached hydrogens (tertiary/aromatic N) is 6. The number of aromatic nitrogens is 4. The lowest BCUT2D eigenvalue weighted by molar-refractivity contribution is 0.0747. The van der Waals surface area contributed by atoms with Crippen LogP contribution in [0.25, 0.3) is 5.69 Å². The second kappa shape index (κ2) is 6.83. The summed E-state index contributed by atoms with van der Waals surface area (Å²) in [5.74, 6) is 0.284. The number of amides is 1. The first-order chi connectivity index (χ1) is 12.7. The maximum atomic E-state index is 12.7. The van der Waals surface area contributed by atoms with Crippen molar-refractivity contribution in [3.63, 3.8) is 0 Å². The van der Waals surface area contributed by atoms with Gasteiger partial charge in [-0.25, -0.2) is 4.68 Å². The van der Waals surface area contributed by atoms with Gasteiger partial charge in [0.25, 0.3) is 5.91 Å². The molecular formula is C18H18N6O2. The van der Waals surface area contributed by atoms with Crippen LogP contribution in [-0.4, -0.2) is 62.3 Å². The number of aromatic hydroxyl groups is 1. The van der Waals surface area contributed by atoms with Crippen LogP contribution in [0.4, 0.5) is 5.69 Å². The van der Waals surface area contributed by atoms with E-state index in [2.05, 4.69) is 20.4 Å². The number of carbonyl (C=O) groups excluding carboxylic acids is 1. The summed E-state index contributed by atoms with van der Waals surface area (Å²) in [6, 6.07) is 14.4. The Balaban J connectivity index is 1.39. The van der Waals surface area contributed by atoms with Gasteiger partial charge in [-0.2, -0.15) is 0 Å². The molecule has 4 rings (SSSR count). The highest BCUT2D eigenvalue weighted by Crippen LogP contribution is 2.20. The molecule has 2 aromatic carbocycles. The molecule has 0 unspecified atom stereocenters. The Kier molecular flexibility index (Phi) is 4.22. The van der Waals surface area contributed by atoms with Gasteiger partial charge in [-0.3, -0.25) is 4.79 Å². The van der Waals surface area contributed by atoms with E-state index in [9.17, 15) is 9.90 Å². The predicted octanol–water partition coefficient (Wildman–Crippen LogP) is 1.33. The van der Waals surface area contributed by atoms with Crippen molar-refractivity contribution in [2.75, 3.05) is 31.1 Å². The quantitative estimate of drug-likeness (QED) is 0.767. The van der Waals surface area contributed by atoms with Gasteiger partial charge in [-0.1, -0.05) is 0 Å². The lowest BCUT2D eigenvalue weighted by Crippen LogP contribution is -2.48. The highest BCUT2D eigenvalue weighted by molar-refractivity contribution is 5.94. The second-order valence-corrected chi connectivity index (χ2v) is 6.10. The van der Waals surface area contributed by atoms with Crippen molar-refractivity contribution in [1.29, 1.82) is 0 Å². The highest BCUT2D eigenvalue weighted by atomic mass is 16.3. The van der Waals surface area contributed by atoms with Crippen molar-refractivity contribution in [3.8, 4) is 11.4 Å². The maximum Gasteiger partial charge on any atom is 0.253 e. The van der Waals surface area contributed by atoms with E-state index in [1.807, 2.05) is 29.2 Å². The van der Waals surface area contributed by atoms with Crippen molar-refractivity contribution in [2.45, 2.75) is 0 Å². The molecule has 8 heteroatoms. The van der Waals surface area contributed by atoms with Crippen LogP contribution in [0.2, 0.25) is 0 Å². The van der Waals surface area contributed by atoms with Crippen molar-refractivity contribution < 1.29 is 9.90 Å². The lowest BCUT2D eigenvalue weighted by Gasteiger charge is -2.36. The van der Waals surface area contributed by atoms with Gasteiger partial charge in [0, 0.05) is 37.4 Å². The summed E-state index contributed by atoms with van der Waals surface area (Å²) in [6.45, 7) is 2.85. The molecule has 1 N–H and O–H groups in total. The standard InChI is InChI=1S/C18H18N6O2/c25-17-7-5-15(6-8-17)22-9-11-23(12-10-22)18(26)14-1-3-16(4-2-14)24-13-19-20-21-24/h1-8,13,25H,9-12H2. The highest BCUT2D eigenvalue weighted by Gasteiger charge is 2.22. The van der Waals surface area contributed by atoms with E-state index in [-0.39, 0.29) is 11.7 Å². The fourth-order valence-corrected chi connectivity index (χ4v) is 3.05. The number of phenols is 1. The minimum absolute atomic E-state index is 0.0265. The number of anilines is 1. The number of piperazine rings is 1. The number of tetrazole rings is 1. The summed E-state index contributed by atoms with van der Waals surface area (Å²) in [4.78, 5) is 16.8. The average Bonchev–Trinajstić information content (AvgIpc) is 3.23. The Labute approximate surface area is 150 Å². The lowest BCUT2D eigenvalue weighted by atomic mass is 10.1. The molecular weight excluding hydrogens is 332 g/mol. The molecule has 132 valence electrons. The molecule has 1 aromatic heterocycles. The van der Waals surface area contributed by atoms with Crippen molar-refractivity contribution in [2.24, 2.45) is 0 Å². The molecule has 0 saturated carbocycles. The molecule has 0 atom stereocenters. The van der Waals surface area contributed by atoms with E-state index < -0.39 is 0 Å². The number of hydrogen-bond donors (Lipinski definition) is 1. The second-order valence-electron chi connectivity index (χ2n) is 6.10. The number of rotatable bonds is 3. The Morgan fingerprint density at radius 2 is 1.54 bits per heavy atom. The van der Waals surface area contributed by atoms with Crippen LogP contribution in [0.15, 0.2) is 54.9 Å². The Bertz CT molecular complexity index is 869. The van der Waals surface area contributed by atoms with E-state index in [0.29, 0.717) is 18.7 Å². The minimum Gasteiger partial charge on any atom is -0.508 e. The van der Waals surface area contributed by atoms with Crippen molar-refractivity contribution >= 4 is 11.6 Å². The number of carbonyl (C=O) groups is 1. The van der Waals surface area contributed by atoms with E-state index in [0.717, 1.165) is 24.5 Å². The van der Waals surface area contributed by atoms with Crippen LogP contribution in [0.3, 0.4) is 0 Å². The van der Waals surface area contributed by atoms with Gasteiger partial charge in [-0.15, -0.1) is 5.10 Å². The summed E-state index contributed by atoms with van der Waals surface area (Å²) >= 11 is 0. The van der Waals surface area contributed by atoms with Crippen LogP contribution in [0.1, 0.15) is 10.4 Å². The summed E-state index contributed by atoms with van der Waals surface area (Å²) in [5, 5.41) is 20.4. The monoisotopic (exact) mass is 350 g/mol. The van der Waals surface area contributed by atoms with Crippen LogP contribution in [0, 0.1) is 0 Å². The molecule has 1 amide bonds. The first-order valence-corrected chi connectivity index (χ1v) is 8.37. The molecule has 3 aromatic rings. The number of phenolic OH excluding ortho intramolecular Hbond substituents is 1. The Hall–Kier alpha value is -3.42. The van der Waals surface area contributed by atoms with Crippen LogP contribution < -0.4 is 4.90 Å². The normalized spacial score (nSPS) is 14.5. The van der Waals surface area contributed by atoms with E-state index in [1.54, 1.807) is 28.9 Å². The zero-order chi connectivity index (χ0) is 17.9. The molecule has 0 bridgehead atoms. The Morgan fingerprint density at radius 3 is 2.15 bits per heavy atom. The molecule has 1 saturated heterocycles. The first-order valence-electron chi connectivity index (χ1n) is 8.37. The molecule has 1 aliphatic rings. The zero-order valence-corrected chi connectivity index (χ0v) is 14.1. The summed E-state index contributed by atoms with van der Waals surface area (Å²) in [6.07, 6.45) is 1.51. The largest absolute Gasteiger partial charge is 0.508 e. The van der Waals surface area contributed by atoms with Gasteiger partial charge in [0.1, 0.15) is 12.1 Å². The molecule has 0 radical (unpaired) electrons. The first kappa shape index (κ1) is 16.1. The average molecular weight is 350 g/mol. The van der Waals surface area contributed by atoms with Gasteiger partial charge in [0.05, 0.1) is 5.69 Å². The van der Waals surface area contributed by atoms with Crippen LogP contribution >= 0.6 is 0 Å². The van der Waals surface area contributed by atoms with Gasteiger partial charge < -0.3 is 14.9 Å². The minimum atomic E-state index is 0.0265. The molecule has 1 fully saturated rings. The third-order valence-electron chi connectivity index (χ3n) is 4.51. The van der Waals surface area contributed by atoms with Crippen LogP contribution in [-0.2, 0) is 0 Å². The number of benzene rings is 2. The van der Waals surface area contributed by atoms with Crippen LogP contribution in [0.5, 0.6) is 5.75 Å². The SMILES string of the molecule is O=C(c1ccc(-n2cnnn2)cc1)N1CCN(c2ccc(O)cc2)CC1. The zero-order valence-electron chi connectivity index (χ0n) is 14.1. The maximum absolute atomic E-state index is 12.7. The van der Waals surface area contributed by atoms with Crippen molar-refractivity contribution in [1.82, 2.24) is 25.1 Å². The fraction of sp³-hybridized carbons (Fsp3) is 0.222. The summed E-state index contributed by atoms with van der Waals surface area (Å²) in [7, 11) is 0. The van der Waals surface area contributed by atoms with Gasteiger partial charge in [-0.05, 0) is 59.0 Å². The molecule has 0 aliphatic carbocycles. The molecule has 26 heavy (non-hydrogen) atoms. The molecule has 1 aliphatic heterocycles. The summed E-state index contributed by atoms with van der Waals surface area (Å²) in [5.41, 5.74) is 2.52. The third kappa shape index (κ3) is 3.21. The Morgan fingerprint density at radius 1 is 0.885 bits per heavy atom. The van der Waals surface area contributed by atoms with Gasteiger partial charge >= 0.3 is 0 Å². The van der Waals surface area contributed by atoms with E-state index in [4.69, 9.17) is 0 Å². The van der Waals surface area contributed by atoms with E-state index >= 15 is 0 Å². The molecule has 2 heterocycles. The topological polar surface area (TPSA) is 87.4 Å². The predicted molar refractivity (Wildman–Crippen MR) is 95.4 cm³/mol.